The molecule has 0 bridgehead atoms. The minimum atomic E-state index is -0.518. The van der Waals surface area contributed by atoms with Crippen molar-refractivity contribution in [2.75, 3.05) is 19.8 Å². The molecule has 0 aromatic heterocycles. The summed E-state index contributed by atoms with van der Waals surface area (Å²) < 4.78 is 15.9. The maximum absolute atomic E-state index is 12.8. The lowest BCUT2D eigenvalue weighted by molar-refractivity contribution is -0.384. The molecule has 10 nitrogen and oxygen atoms in total. The number of esters is 1. The van der Waals surface area contributed by atoms with Crippen LogP contribution >= 0.6 is 11.8 Å². The minimum Gasteiger partial charge on any atom is -0.490 e. The average molecular weight is 487 g/mol. The summed E-state index contributed by atoms with van der Waals surface area (Å²) >= 11 is 0.804. The molecule has 11 heteroatoms. The third-order valence-corrected chi connectivity index (χ3v) is 5.49. The van der Waals surface area contributed by atoms with Crippen LogP contribution in [0.1, 0.15) is 25.0 Å². The Bertz CT molecular complexity index is 1130. The number of carbonyl (C=O) groups is 3. The first-order valence-corrected chi connectivity index (χ1v) is 11.2. The summed E-state index contributed by atoms with van der Waals surface area (Å²) in [7, 11) is 0. The Kier molecular flexibility index (Phi) is 8.25. The average Bonchev–Trinajstić information content (AvgIpc) is 3.06. The monoisotopic (exact) mass is 486 g/mol. The number of amides is 2. The maximum Gasteiger partial charge on any atom is 0.344 e. The van der Waals surface area contributed by atoms with Gasteiger partial charge in [-0.2, -0.15) is 0 Å². The number of nitrogens with zero attached hydrogens (tertiary/aromatic N) is 2. The van der Waals surface area contributed by atoms with E-state index in [-0.39, 0.29) is 30.4 Å². The minimum absolute atomic E-state index is 0.00480. The van der Waals surface area contributed by atoms with Gasteiger partial charge in [0.2, 0.25) is 0 Å². The molecule has 0 radical (unpaired) electrons. The van der Waals surface area contributed by atoms with Crippen molar-refractivity contribution in [1.29, 1.82) is 0 Å². The van der Waals surface area contributed by atoms with Crippen molar-refractivity contribution in [3.8, 4) is 11.5 Å². The fourth-order valence-corrected chi connectivity index (χ4v) is 3.87. The van der Waals surface area contributed by atoms with Gasteiger partial charge in [0.15, 0.2) is 18.1 Å². The van der Waals surface area contributed by atoms with E-state index in [1.165, 1.54) is 24.3 Å². The smallest absolute Gasteiger partial charge is 0.344 e. The van der Waals surface area contributed by atoms with Gasteiger partial charge in [-0.3, -0.25) is 24.6 Å². The molecule has 178 valence electrons. The Morgan fingerprint density at radius 1 is 1.06 bits per heavy atom. The zero-order chi connectivity index (χ0) is 24.7. The highest BCUT2D eigenvalue weighted by atomic mass is 32.2. The van der Waals surface area contributed by atoms with Gasteiger partial charge in [-0.15, -0.1) is 0 Å². The first kappa shape index (κ1) is 24.8. The normalized spacial score (nSPS) is 14.4. The number of carbonyl (C=O) groups excluding carboxylic acids is 3. The second-order valence-corrected chi connectivity index (χ2v) is 7.92. The molecule has 0 spiro atoms. The second kappa shape index (κ2) is 11.3. The van der Waals surface area contributed by atoms with Crippen LogP contribution < -0.4 is 9.47 Å². The van der Waals surface area contributed by atoms with Gasteiger partial charge < -0.3 is 14.2 Å². The van der Waals surface area contributed by atoms with Gasteiger partial charge in [-0.1, -0.05) is 18.2 Å². The highest BCUT2D eigenvalue weighted by molar-refractivity contribution is 8.18. The van der Waals surface area contributed by atoms with Gasteiger partial charge in [-0.25, -0.2) is 4.79 Å². The van der Waals surface area contributed by atoms with E-state index in [2.05, 4.69) is 0 Å². The Balaban J connectivity index is 1.74. The summed E-state index contributed by atoms with van der Waals surface area (Å²) in [4.78, 5) is 48.4. The van der Waals surface area contributed by atoms with Crippen LogP contribution in [-0.2, 0) is 20.9 Å². The van der Waals surface area contributed by atoms with Gasteiger partial charge in [0.05, 0.1) is 29.6 Å². The second-order valence-electron chi connectivity index (χ2n) is 6.92. The zero-order valence-electron chi connectivity index (χ0n) is 18.5. The SMILES string of the molecule is CCOC(=O)COc1ccc(/C=C2\SC(=O)N(Cc3ccc([N+](=O)[O-])cc3)C2=O)cc1OCC. The largest absolute Gasteiger partial charge is 0.490 e. The third-order valence-electron chi connectivity index (χ3n) is 4.58. The molecule has 2 aromatic rings. The number of nitro groups is 1. The van der Waals surface area contributed by atoms with E-state index in [9.17, 15) is 24.5 Å². The molecule has 1 aliphatic rings. The lowest BCUT2D eigenvalue weighted by Gasteiger charge is -2.13. The van der Waals surface area contributed by atoms with Crippen LogP contribution in [0.25, 0.3) is 6.08 Å². The molecule has 0 atom stereocenters. The Morgan fingerprint density at radius 3 is 2.44 bits per heavy atom. The molecule has 3 rings (SSSR count). The zero-order valence-corrected chi connectivity index (χ0v) is 19.3. The Morgan fingerprint density at radius 2 is 1.79 bits per heavy atom. The summed E-state index contributed by atoms with van der Waals surface area (Å²) in [6, 6.07) is 10.6. The molecule has 1 heterocycles. The highest BCUT2D eigenvalue weighted by Gasteiger charge is 2.35. The number of non-ortho nitro benzene ring substituents is 1. The van der Waals surface area contributed by atoms with Crippen molar-refractivity contribution in [1.82, 2.24) is 4.90 Å². The first-order valence-electron chi connectivity index (χ1n) is 10.4. The lowest BCUT2D eigenvalue weighted by atomic mass is 10.1. The van der Waals surface area contributed by atoms with E-state index in [1.54, 1.807) is 38.1 Å². The molecule has 2 aromatic carbocycles. The number of thioether (sulfide) groups is 1. The topological polar surface area (TPSA) is 125 Å². The predicted octanol–water partition coefficient (Wildman–Crippen LogP) is 4.17. The van der Waals surface area contributed by atoms with Crippen LogP contribution in [0.3, 0.4) is 0 Å². The van der Waals surface area contributed by atoms with Crippen molar-refractivity contribution in [2.45, 2.75) is 20.4 Å². The summed E-state index contributed by atoms with van der Waals surface area (Å²) in [5.74, 6) is -0.242. The first-order chi connectivity index (χ1) is 16.3. The van der Waals surface area contributed by atoms with Gasteiger partial charge in [0.25, 0.3) is 16.8 Å². The van der Waals surface area contributed by atoms with E-state index in [1.807, 2.05) is 0 Å². The van der Waals surface area contributed by atoms with Gasteiger partial charge in [0, 0.05) is 12.1 Å². The van der Waals surface area contributed by atoms with Gasteiger partial charge >= 0.3 is 5.97 Å². The quantitative estimate of drug-likeness (QED) is 0.210. The molecule has 0 saturated carbocycles. The number of rotatable bonds is 10. The van der Waals surface area contributed by atoms with Crippen molar-refractivity contribution in [2.24, 2.45) is 0 Å². The number of imide groups is 1. The lowest BCUT2D eigenvalue weighted by Crippen LogP contribution is -2.27. The molecule has 1 saturated heterocycles. The molecule has 0 aliphatic carbocycles. The molecule has 1 aliphatic heterocycles. The van der Waals surface area contributed by atoms with Crippen LogP contribution in [0.15, 0.2) is 47.4 Å². The third kappa shape index (κ3) is 6.13. The van der Waals surface area contributed by atoms with Crippen LogP contribution in [0, 0.1) is 10.1 Å². The summed E-state index contributed by atoms with van der Waals surface area (Å²) in [5.41, 5.74) is 1.13. The van der Waals surface area contributed by atoms with Crippen LogP contribution in [-0.4, -0.2) is 46.8 Å². The molecule has 2 amide bonds. The van der Waals surface area contributed by atoms with Crippen molar-refractivity contribution < 1.29 is 33.5 Å². The van der Waals surface area contributed by atoms with E-state index in [0.29, 0.717) is 29.2 Å². The van der Waals surface area contributed by atoms with Gasteiger partial charge in [-0.05, 0) is 54.9 Å². The van der Waals surface area contributed by atoms with Crippen molar-refractivity contribution in [3.63, 3.8) is 0 Å². The number of ether oxygens (including phenoxy) is 3. The fraction of sp³-hybridized carbons (Fsp3) is 0.261. The predicted molar refractivity (Wildman–Crippen MR) is 124 cm³/mol. The summed E-state index contributed by atoms with van der Waals surface area (Å²) in [6.45, 7) is 3.83. The number of hydrogen-bond donors (Lipinski definition) is 0. The molecule has 0 N–H and O–H groups in total. The number of nitro benzene ring substituents is 1. The van der Waals surface area contributed by atoms with E-state index in [4.69, 9.17) is 14.2 Å². The Hall–Kier alpha value is -3.86. The standard InChI is InChI=1S/C23H22N2O8S/c1-3-31-19-11-16(7-10-18(19)33-14-21(26)32-4-2)12-20-22(27)24(23(28)34-20)13-15-5-8-17(9-6-15)25(29)30/h5-12H,3-4,13-14H2,1-2H3/b20-12-. The van der Waals surface area contributed by atoms with E-state index in [0.717, 1.165) is 16.7 Å². The highest BCUT2D eigenvalue weighted by Crippen LogP contribution is 2.35. The van der Waals surface area contributed by atoms with Crippen molar-refractivity contribution >= 4 is 40.6 Å². The number of hydrogen-bond acceptors (Lipinski definition) is 9. The maximum atomic E-state index is 12.8. The molecular weight excluding hydrogens is 464 g/mol. The van der Waals surface area contributed by atoms with Gasteiger partial charge in [0.1, 0.15) is 0 Å². The van der Waals surface area contributed by atoms with Crippen LogP contribution in [0.2, 0.25) is 0 Å². The van der Waals surface area contributed by atoms with E-state index >= 15 is 0 Å². The number of benzene rings is 2. The summed E-state index contributed by atoms with van der Waals surface area (Å²) in [5, 5.41) is 10.4. The molecule has 1 fully saturated rings. The van der Waals surface area contributed by atoms with Crippen LogP contribution in [0.5, 0.6) is 11.5 Å². The Labute approximate surface area is 199 Å². The molecule has 0 unspecified atom stereocenters. The molecule has 34 heavy (non-hydrogen) atoms. The fourth-order valence-electron chi connectivity index (χ4n) is 3.03. The van der Waals surface area contributed by atoms with E-state index < -0.39 is 22.0 Å². The summed E-state index contributed by atoms with van der Waals surface area (Å²) in [6.07, 6.45) is 1.57. The van der Waals surface area contributed by atoms with Crippen molar-refractivity contribution in [3.05, 3.63) is 68.6 Å². The van der Waals surface area contributed by atoms with Crippen LogP contribution in [0.4, 0.5) is 10.5 Å². The molecular formula is C23H22N2O8S.